The number of thiophene rings is 1. The average Bonchev–Trinajstić information content (AvgIpc) is 2.75. The third-order valence-corrected chi connectivity index (χ3v) is 7.08. The van der Waals surface area contributed by atoms with Crippen LogP contribution in [-0.2, 0) is 9.84 Å². The number of nitrogens with zero attached hydrogens (tertiary/aromatic N) is 1. The van der Waals surface area contributed by atoms with E-state index >= 15 is 0 Å². The van der Waals surface area contributed by atoms with Crippen molar-refractivity contribution in [1.82, 2.24) is 0 Å². The SMILES string of the molecule is CCC(=O)c1sc(N2CCSC(C)C2)c(S(C)(=O)=O)c1N. The minimum atomic E-state index is -3.47. The van der Waals surface area contributed by atoms with Crippen LogP contribution < -0.4 is 10.6 Å². The first-order valence-corrected chi connectivity index (χ1v) is 10.5. The van der Waals surface area contributed by atoms with Gasteiger partial charge in [-0.05, 0) is 0 Å². The molecule has 0 spiro atoms. The van der Waals surface area contributed by atoms with Gasteiger partial charge in [-0.2, -0.15) is 11.8 Å². The number of anilines is 2. The molecule has 2 heterocycles. The summed E-state index contributed by atoms with van der Waals surface area (Å²) in [4.78, 5) is 14.5. The van der Waals surface area contributed by atoms with Crippen molar-refractivity contribution < 1.29 is 13.2 Å². The maximum absolute atomic E-state index is 12.1. The zero-order valence-electron chi connectivity index (χ0n) is 12.4. The van der Waals surface area contributed by atoms with E-state index in [0.717, 1.165) is 25.1 Å². The van der Waals surface area contributed by atoms with Crippen molar-refractivity contribution in [2.24, 2.45) is 0 Å². The summed E-state index contributed by atoms with van der Waals surface area (Å²) in [6.07, 6.45) is 1.47. The van der Waals surface area contributed by atoms with E-state index in [1.807, 2.05) is 16.7 Å². The molecule has 1 fully saturated rings. The Morgan fingerprint density at radius 1 is 1.48 bits per heavy atom. The Kier molecular flexibility index (Phi) is 4.89. The van der Waals surface area contributed by atoms with Crippen LogP contribution in [0.4, 0.5) is 10.7 Å². The molecule has 0 radical (unpaired) electrons. The Hall–Kier alpha value is -0.730. The minimum Gasteiger partial charge on any atom is -0.396 e. The van der Waals surface area contributed by atoms with E-state index in [1.165, 1.54) is 11.3 Å². The van der Waals surface area contributed by atoms with Crippen LogP contribution in [0.2, 0.25) is 0 Å². The number of carbonyl (C=O) groups is 1. The largest absolute Gasteiger partial charge is 0.396 e. The molecule has 1 aromatic rings. The zero-order chi connectivity index (χ0) is 15.8. The van der Waals surface area contributed by atoms with Gasteiger partial charge in [0, 0.05) is 36.8 Å². The summed E-state index contributed by atoms with van der Waals surface area (Å²) in [6.45, 7) is 5.41. The lowest BCUT2D eigenvalue weighted by atomic mass is 10.2. The number of hydrogen-bond acceptors (Lipinski definition) is 7. The van der Waals surface area contributed by atoms with Gasteiger partial charge in [-0.25, -0.2) is 8.42 Å². The van der Waals surface area contributed by atoms with E-state index in [2.05, 4.69) is 6.92 Å². The minimum absolute atomic E-state index is 0.104. The van der Waals surface area contributed by atoms with E-state index in [0.29, 0.717) is 21.5 Å². The first-order valence-electron chi connectivity index (χ1n) is 6.77. The van der Waals surface area contributed by atoms with Gasteiger partial charge in [-0.3, -0.25) is 4.79 Å². The molecule has 1 aromatic heterocycles. The number of ketones is 1. The van der Waals surface area contributed by atoms with Crippen molar-refractivity contribution in [2.75, 3.05) is 35.7 Å². The molecule has 2 N–H and O–H groups in total. The van der Waals surface area contributed by atoms with Crippen LogP contribution in [-0.4, -0.2) is 44.5 Å². The third kappa shape index (κ3) is 3.37. The molecule has 0 bridgehead atoms. The van der Waals surface area contributed by atoms with Gasteiger partial charge in [0.1, 0.15) is 9.90 Å². The van der Waals surface area contributed by atoms with Gasteiger partial charge in [-0.15, -0.1) is 11.3 Å². The molecule has 0 aromatic carbocycles. The first-order chi connectivity index (χ1) is 9.75. The van der Waals surface area contributed by atoms with Crippen molar-refractivity contribution in [2.45, 2.75) is 30.4 Å². The van der Waals surface area contributed by atoms with Crippen LogP contribution in [0.25, 0.3) is 0 Å². The normalized spacial score (nSPS) is 19.8. The predicted octanol–water partition coefficient (Wildman–Crippen LogP) is 2.27. The molecule has 1 saturated heterocycles. The molecule has 5 nitrogen and oxygen atoms in total. The Balaban J connectivity index is 2.56. The smallest absolute Gasteiger partial charge is 0.180 e. The first kappa shape index (κ1) is 16.6. The van der Waals surface area contributed by atoms with E-state index in [-0.39, 0.29) is 16.4 Å². The van der Waals surface area contributed by atoms with Gasteiger partial charge < -0.3 is 10.6 Å². The monoisotopic (exact) mass is 348 g/mol. The molecule has 21 heavy (non-hydrogen) atoms. The van der Waals surface area contributed by atoms with Crippen LogP contribution in [0, 0.1) is 0 Å². The molecule has 1 atom stereocenters. The number of Topliss-reactive ketones (excluding diaryl/α,β-unsaturated/α-hetero) is 1. The van der Waals surface area contributed by atoms with Gasteiger partial charge in [0.05, 0.1) is 10.6 Å². The van der Waals surface area contributed by atoms with Crippen molar-refractivity contribution >= 4 is 49.4 Å². The summed E-state index contributed by atoms with van der Waals surface area (Å²) in [7, 11) is -3.47. The number of nitrogens with two attached hydrogens (primary N) is 1. The second-order valence-electron chi connectivity index (χ2n) is 5.16. The fraction of sp³-hybridized carbons (Fsp3) is 0.615. The number of rotatable bonds is 4. The molecule has 1 aliphatic rings. The fourth-order valence-electron chi connectivity index (χ4n) is 2.35. The van der Waals surface area contributed by atoms with E-state index < -0.39 is 9.84 Å². The Labute approximate surface area is 133 Å². The van der Waals surface area contributed by atoms with Gasteiger partial charge >= 0.3 is 0 Å². The van der Waals surface area contributed by atoms with Crippen molar-refractivity contribution in [3.05, 3.63) is 4.88 Å². The van der Waals surface area contributed by atoms with Crippen molar-refractivity contribution in [1.29, 1.82) is 0 Å². The molecule has 0 saturated carbocycles. The second-order valence-corrected chi connectivity index (χ2v) is 9.65. The van der Waals surface area contributed by atoms with Gasteiger partial charge in [0.2, 0.25) is 0 Å². The number of nitrogen functional groups attached to an aromatic ring is 1. The highest BCUT2D eigenvalue weighted by Gasteiger charge is 2.30. The van der Waals surface area contributed by atoms with Crippen LogP contribution in [0.5, 0.6) is 0 Å². The molecule has 0 amide bonds. The van der Waals surface area contributed by atoms with E-state index in [9.17, 15) is 13.2 Å². The molecule has 8 heteroatoms. The lowest BCUT2D eigenvalue weighted by Crippen LogP contribution is -2.36. The molecule has 1 unspecified atom stereocenters. The topological polar surface area (TPSA) is 80.5 Å². The van der Waals surface area contributed by atoms with Gasteiger partial charge in [0.25, 0.3) is 0 Å². The highest BCUT2D eigenvalue weighted by molar-refractivity contribution is 8.00. The standard InChI is InChI=1S/C13H20N2O3S3/c1-4-9(16)11-10(14)12(21(3,17)18)13(20-11)15-5-6-19-8(2)7-15/h8H,4-7,14H2,1-3H3. The van der Waals surface area contributed by atoms with E-state index in [1.54, 1.807) is 6.92 Å². The zero-order valence-corrected chi connectivity index (χ0v) is 14.8. The summed E-state index contributed by atoms with van der Waals surface area (Å²) in [5.41, 5.74) is 6.11. The molecular formula is C13H20N2O3S3. The quantitative estimate of drug-likeness (QED) is 0.841. The van der Waals surface area contributed by atoms with Gasteiger partial charge in [0.15, 0.2) is 15.6 Å². The van der Waals surface area contributed by atoms with Crippen molar-refractivity contribution in [3.8, 4) is 0 Å². The third-order valence-electron chi connectivity index (χ3n) is 3.36. The second kappa shape index (κ2) is 6.18. The van der Waals surface area contributed by atoms with Crippen molar-refractivity contribution in [3.63, 3.8) is 0 Å². The predicted molar refractivity (Wildman–Crippen MR) is 90.6 cm³/mol. The lowest BCUT2D eigenvalue weighted by molar-refractivity contribution is 0.0992. The Morgan fingerprint density at radius 3 is 2.67 bits per heavy atom. The average molecular weight is 349 g/mol. The molecular weight excluding hydrogens is 328 g/mol. The summed E-state index contributed by atoms with van der Waals surface area (Å²) >= 11 is 3.08. The van der Waals surface area contributed by atoms with Crippen LogP contribution in [0.3, 0.4) is 0 Å². The molecule has 1 aliphatic heterocycles. The number of hydrogen-bond donors (Lipinski definition) is 1. The Bertz CT molecular complexity index is 652. The van der Waals surface area contributed by atoms with Gasteiger partial charge in [-0.1, -0.05) is 13.8 Å². The highest BCUT2D eigenvalue weighted by atomic mass is 32.2. The Morgan fingerprint density at radius 2 is 2.14 bits per heavy atom. The number of sulfone groups is 1. The summed E-state index contributed by atoms with van der Waals surface area (Å²) in [6, 6.07) is 0. The molecule has 0 aliphatic carbocycles. The maximum atomic E-state index is 12.1. The molecule has 2 rings (SSSR count). The summed E-state index contributed by atoms with van der Waals surface area (Å²) < 4.78 is 24.2. The molecule has 118 valence electrons. The summed E-state index contributed by atoms with van der Waals surface area (Å²) in [5.74, 6) is 0.840. The van der Waals surface area contributed by atoms with Crippen LogP contribution in [0.15, 0.2) is 4.90 Å². The van der Waals surface area contributed by atoms with Crippen LogP contribution >= 0.6 is 23.1 Å². The highest BCUT2D eigenvalue weighted by Crippen LogP contribution is 2.43. The number of carbonyl (C=O) groups excluding carboxylic acids is 1. The number of thioether (sulfide) groups is 1. The summed E-state index contributed by atoms with van der Waals surface area (Å²) in [5, 5.41) is 1.05. The lowest BCUT2D eigenvalue weighted by Gasteiger charge is -2.31. The van der Waals surface area contributed by atoms with Crippen LogP contribution in [0.1, 0.15) is 29.9 Å². The van der Waals surface area contributed by atoms with E-state index in [4.69, 9.17) is 5.73 Å². The fourth-order valence-corrected chi connectivity index (χ4v) is 6.12. The maximum Gasteiger partial charge on any atom is 0.180 e.